The monoisotopic (exact) mass is 391 g/mol. The van der Waals surface area contributed by atoms with Crippen LogP contribution in [0.5, 0.6) is 0 Å². The Bertz CT molecular complexity index is 901. The van der Waals surface area contributed by atoms with Gasteiger partial charge in [-0.2, -0.15) is 0 Å². The maximum atomic E-state index is 12.5. The molecule has 0 saturated heterocycles. The van der Waals surface area contributed by atoms with Crippen molar-refractivity contribution in [3.05, 3.63) is 55.9 Å². The number of hydrogen-bond acceptors (Lipinski definition) is 5. The van der Waals surface area contributed by atoms with Gasteiger partial charge < -0.3 is 5.32 Å². The average molecular weight is 392 g/mol. The molecule has 0 atom stereocenters. The number of hydrogen-bond donors (Lipinski definition) is 1. The molecule has 0 aliphatic rings. The highest BCUT2D eigenvalue weighted by atomic mass is 35.5. The summed E-state index contributed by atoms with van der Waals surface area (Å²) in [7, 11) is 0. The summed E-state index contributed by atoms with van der Waals surface area (Å²) in [5, 5.41) is 7.46. The van der Waals surface area contributed by atoms with E-state index in [0.29, 0.717) is 22.4 Å². The average Bonchev–Trinajstić information content (AvgIpc) is 3.19. The van der Waals surface area contributed by atoms with Crippen molar-refractivity contribution in [2.45, 2.75) is 33.2 Å². The molecule has 25 heavy (non-hydrogen) atoms. The van der Waals surface area contributed by atoms with Crippen molar-refractivity contribution in [2.24, 2.45) is 0 Å². The van der Waals surface area contributed by atoms with Gasteiger partial charge in [0, 0.05) is 21.9 Å². The number of carbonyl (C=O) groups excluding carboxylic acids is 1. The highest BCUT2D eigenvalue weighted by molar-refractivity contribution is 7.17. The first-order valence-corrected chi connectivity index (χ1v) is 9.97. The van der Waals surface area contributed by atoms with Crippen molar-refractivity contribution < 1.29 is 4.79 Å². The van der Waals surface area contributed by atoms with Gasteiger partial charge in [-0.05, 0) is 19.1 Å². The Morgan fingerprint density at radius 2 is 2.12 bits per heavy atom. The molecule has 0 aliphatic heterocycles. The van der Waals surface area contributed by atoms with E-state index in [1.165, 1.54) is 11.3 Å². The molecule has 130 valence electrons. The second-order valence-corrected chi connectivity index (χ2v) is 8.28. The van der Waals surface area contributed by atoms with Gasteiger partial charge in [0.25, 0.3) is 5.91 Å². The standard InChI is InChI=1S/C18H18ClN3OS2/c1-10(2)17-22-14(9-24-17)8-20-16(23)15-11(3)21-18(25-15)12-5-4-6-13(19)7-12/h4-7,9-10H,8H2,1-3H3,(H,20,23). The van der Waals surface area contributed by atoms with Crippen LogP contribution in [0.1, 0.15) is 45.8 Å². The van der Waals surface area contributed by atoms with Gasteiger partial charge in [-0.3, -0.25) is 4.79 Å². The van der Waals surface area contributed by atoms with E-state index in [2.05, 4.69) is 29.1 Å². The summed E-state index contributed by atoms with van der Waals surface area (Å²) in [6, 6.07) is 7.49. The van der Waals surface area contributed by atoms with E-state index in [0.717, 1.165) is 27.0 Å². The fourth-order valence-corrected chi connectivity index (χ4v) is 4.28. The number of nitrogens with zero attached hydrogens (tertiary/aromatic N) is 2. The number of aryl methyl sites for hydroxylation is 1. The zero-order valence-corrected chi connectivity index (χ0v) is 16.6. The Balaban J connectivity index is 1.72. The van der Waals surface area contributed by atoms with Gasteiger partial charge in [0.1, 0.15) is 9.88 Å². The Morgan fingerprint density at radius 1 is 1.32 bits per heavy atom. The van der Waals surface area contributed by atoms with E-state index in [4.69, 9.17) is 11.6 Å². The third kappa shape index (κ3) is 4.26. The minimum absolute atomic E-state index is 0.123. The Morgan fingerprint density at radius 3 is 2.80 bits per heavy atom. The molecule has 3 aromatic rings. The number of benzene rings is 1. The molecule has 2 heterocycles. The van der Waals surface area contributed by atoms with Crippen molar-refractivity contribution in [1.29, 1.82) is 0 Å². The summed E-state index contributed by atoms with van der Waals surface area (Å²) >= 11 is 9.04. The molecular formula is C18H18ClN3OS2. The summed E-state index contributed by atoms with van der Waals surface area (Å²) < 4.78 is 0. The molecule has 0 spiro atoms. The first-order chi connectivity index (χ1) is 11.9. The van der Waals surface area contributed by atoms with Crippen LogP contribution < -0.4 is 5.32 Å². The van der Waals surface area contributed by atoms with Gasteiger partial charge in [0.2, 0.25) is 0 Å². The molecule has 3 rings (SSSR count). The Labute approximate surface area is 159 Å². The van der Waals surface area contributed by atoms with Crippen LogP contribution in [-0.2, 0) is 6.54 Å². The van der Waals surface area contributed by atoms with Crippen LogP contribution in [0.15, 0.2) is 29.6 Å². The third-order valence-corrected chi connectivity index (χ3v) is 6.20. The molecule has 1 amide bonds. The van der Waals surface area contributed by atoms with Crippen LogP contribution in [0.4, 0.5) is 0 Å². The molecule has 0 saturated carbocycles. The fraction of sp³-hybridized carbons (Fsp3) is 0.278. The molecule has 0 radical (unpaired) electrons. The quantitative estimate of drug-likeness (QED) is 0.643. The molecule has 4 nitrogen and oxygen atoms in total. The molecule has 1 aromatic carbocycles. The van der Waals surface area contributed by atoms with Gasteiger partial charge in [0.05, 0.1) is 22.9 Å². The van der Waals surface area contributed by atoms with Crippen LogP contribution in [0, 0.1) is 6.92 Å². The Hall–Kier alpha value is -1.76. The number of nitrogens with one attached hydrogen (secondary N) is 1. The summed E-state index contributed by atoms with van der Waals surface area (Å²) in [5.74, 6) is 0.279. The largest absolute Gasteiger partial charge is 0.346 e. The zero-order chi connectivity index (χ0) is 18.0. The van der Waals surface area contributed by atoms with Crippen LogP contribution in [0.3, 0.4) is 0 Å². The summed E-state index contributed by atoms with van der Waals surface area (Å²) in [6.07, 6.45) is 0. The lowest BCUT2D eigenvalue weighted by atomic mass is 10.2. The molecule has 7 heteroatoms. The lowest BCUT2D eigenvalue weighted by Gasteiger charge is -2.02. The van der Waals surface area contributed by atoms with Gasteiger partial charge in [-0.25, -0.2) is 9.97 Å². The van der Waals surface area contributed by atoms with Crippen molar-refractivity contribution in [3.8, 4) is 10.6 Å². The number of amides is 1. The summed E-state index contributed by atoms with van der Waals surface area (Å²) in [6.45, 7) is 6.49. The first-order valence-electron chi connectivity index (χ1n) is 7.90. The van der Waals surface area contributed by atoms with Gasteiger partial charge in [0.15, 0.2) is 0 Å². The molecule has 1 N–H and O–H groups in total. The van der Waals surface area contributed by atoms with Crippen molar-refractivity contribution in [1.82, 2.24) is 15.3 Å². The zero-order valence-electron chi connectivity index (χ0n) is 14.2. The number of carbonyl (C=O) groups is 1. The number of rotatable bonds is 5. The molecule has 2 aromatic heterocycles. The van der Waals surface area contributed by atoms with E-state index >= 15 is 0 Å². The third-order valence-electron chi connectivity index (χ3n) is 3.57. The lowest BCUT2D eigenvalue weighted by molar-refractivity contribution is 0.0953. The first kappa shape index (κ1) is 18.0. The lowest BCUT2D eigenvalue weighted by Crippen LogP contribution is -2.22. The summed E-state index contributed by atoms with van der Waals surface area (Å²) in [4.78, 5) is 22.2. The molecule has 0 aliphatic carbocycles. The second-order valence-electron chi connectivity index (χ2n) is 5.96. The maximum absolute atomic E-state index is 12.5. The van der Waals surface area contributed by atoms with Crippen LogP contribution >= 0.6 is 34.3 Å². The predicted octanol–water partition coefficient (Wildman–Crippen LogP) is 5.28. The van der Waals surface area contributed by atoms with Gasteiger partial charge in [-0.15, -0.1) is 22.7 Å². The van der Waals surface area contributed by atoms with E-state index in [1.807, 2.05) is 36.6 Å². The number of thiazole rings is 2. The highest BCUT2D eigenvalue weighted by Crippen LogP contribution is 2.29. The molecule has 0 unspecified atom stereocenters. The SMILES string of the molecule is Cc1nc(-c2cccc(Cl)c2)sc1C(=O)NCc1csc(C(C)C)n1. The number of aromatic nitrogens is 2. The fourth-order valence-electron chi connectivity index (χ4n) is 2.27. The summed E-state index contributed by atoms with van der Waals surface area (Å²) in [5.41, 5.74) is 2.53. The number of halogens is 1. The van der Waals surface area contributed by atoms with Crippen molar-refractivity contribution >= 4 is 40.2 Å². The van der Waals surface area contributed by atoms with Gasteiger partial charge in [-0.1, -0.05) is 37.6 Å². The van der Waals surface area contributed by atoms with Crippen molar-refractivity contribution in [3.63, 3.8) is 0 Å². The maximum Gasteiger partial charge on any atom is 0.263 e. The van der Waals surface area contributed by atoms with E-state index in [9.17, 15) is 4.79 Å². The minimum Gasteiger partial charge on any atom is -0.346 e. The van der Waals surface area contributed by atoms with E-state index < -0.39 is 0 Å². The van der Waals surface area contributed by atoms with Crippen LogP contribution in [0.25, 0.3) is 10.6 Å². The topological polar surface area (TPSA) is 54.9 Å². The Kier molecular flexibility index (Phi) is 5.51. The molecular weight excluding hydrogens is 374 g/mol. The smallest absolute Gasteiger partial charge is 0.263 e. The minimum atomic E-state index is -0.123. The molecule has 0 bridgehead atoms. The van der Waals surface area contributed by atoms with E-state index in [-0.39, 0.29) is 5.91 Å². The highest BCUT2D eigenvalue weighted by Gasteiger charge is 2.17. The van der Waals surface area contributed by atoms with E-state index in [1.54, 1.807) is 11.3 Å². The van der Waals surface area contributed by atoms with Crippen LogP contribution in [-0.4, -0.2) is 15.9 Å². The predicted molar refractivity (Wildman–Crippen MR) is 105 cm³/mol. The van der Waals surface area contributed by atoms with Crippen molar-refractivity contribution in [2.75, 3.05) is 0 Å². The normalized spacial score (nSPS) is 11.1. The van der Waals surface area contributed by atoms with Gasteiger partial charge >= 0.3 is 0 Å². The molecule has 0 fully saturated rings. The second kappa shape index (κ2) is 7.64. The van der Waals surface area contributed by atoms with Crippen LogP contribution in [0.2, 0.25) is 5.02 Å².